The highest BCUT2D eigenvalue weighted by Crippen LogP contribution is 2.38. The largest absolute Gasteiger partial charge is 0.351 e. The van der Waals surface area contributed by atoms with Crippen LogP contribution in [0.25, 0.3) is 0 Å². The highest BCUT2D eigenvalue weighted by atomic mass is 15.1. The van der Waals surface area contributed by atoms with Crippen LogP contribution in [0.2, 0.25) is 0 Å². The van der Waals surface area contributed by atoms with Gasteiger partial charge in [0.25, 0.3) is 0 Å². The summed E-state index contributed by atoms with van der Waals surface area (Å²) < 4.78 is 0. The molecule has 2 fully saturated rings. The summed E-state index contributed by atoms with van der Waals surface area (Å²) in [6.45, 7) is 3.12. The SMILES string of the molecule is Cc1ccnc(NC2CCNC3(CCC3)C2)n1. The smallest absolute Gasteiger partial charge is 0.223 e. The lowest BCUT2D eigenvalue weighted by Gasteiger charge is -2.48. The zero-order chi connectivity index (χ0) is 11.7. The van der Waals surface area contributed by atoms with Gasteiger partial charge in [-0.05, 0) is 51.6 Å². The van der Waals surface area contributed by atoms with Crippen LogP contribution in [0, 0.1) is 6.92 Å². The maximum Gasteiger partial charge on any atom is 0.223 e. The molecule has 1 aliphatic heterocycles. The maximum absolute atomic E-state index is 4.42. The van der Waals surface area contributed by atoms with Gasteiger partial charge >= 0.3 is 0 Å². The Morgan fingerprint density at radius 3 is 3.06 bits per heavy atom. The number of aryl methyl sites for hydroxylation is 1. The molecule has 3 rings (SSSR count). The van der Waals surface area contributed by atoms with Gasteiger partial charge in [0.1, 0.15) is 0 Å². The third-order valence-corrected chi connectivity index (χ3v) is 4.07. The van der Waals surface area contributed by atoms with Gasteiger partial charge in [0.2, 0.25) is 5.95 Å². The molecule has 2 aliphatic rings. The second kappa shape index (κ2) is 4.26. The number of piperidine rings is 1. The highest BCUT2D eigenvalue weighted by molar-refractivity contribution is 5.27. The number of rotatable bonds is 2. The molecule has 1 aromatic heterocycles. The van der Waals surface area contributed by atoms with Crippen molar-refractivity contribution < 1.29 is 0 Å². The van der Waals surface area contributed by atoms with E-state index >= 15 is 0 Å². The number of hydrogen-bond donors (Lipinski definition) is 2. The number of anilines is 1. The first-order chi connectivity index (χ1) is 8.26. The van der Waals surface area contributed by atoms with Crippen molar-refractivity contribution in [3.63, 3.8) is 0 Å². The molecular formula is C13H20N4. The predicted octanol–water partition coefficient (Wildman–Crippen LogP) is 1.87. The molecule has 92 valence electrons. The van der Waals surface area contributed by atoms with E-state index < -0.39 is 0 Å². The molecule has 0 bridgehead atoms. The van der Waals surface area contributed by atoms with Crippen molar-refractivity contribution in [1.82, 2.24) is 15.3 Å². The monoisotopic (exact) mass is 232 g/mol. The fraction of sp³-hybridized carbons (Fsp3) is 0.692. The van der Waals surface area contributed by atoms with Crippen LogP contribution in [-0.2, 0) is 0 Å². The Labute approximate surface area is 102 Å². The van der Waals surface area contributed by atoms with Crippen LogP contribution < -0.4 is 10.6 Å². The Balaban J connectivity index is 1.65. The minimum absolute atomic E-state index is 0.430. The Bertz CT molecular complexity index is 400. The van der Waals surface area contributed by atoms with Crippen molar-refractivity contribution >= 4 is 5.95 Å². The zero-order valence-corrected chi connectivity index (χ0v) is 10.4. The third-order valence-electron chi connectivity index (χ3n) is 4.07. The van der Waals surface area contributed by atoms with Gasteiger partial charge in [-0.15, -0.1) is 0 Å². The van der Waals surface area contributed by atoms with Crippen molar-refractivity contribution in [3.05, 3.63) is 18.0 Å². The van der Waals surface area contributed by atoms with E-state index in [1.165, 1.54) is 32.1 Å². The third kappa shape index (κ3) is 2.27. The van der Waals surface area contributed by atoms with Crippen molar-refractivity contribution in [3.8, 4) is 0 Å². The van der Waals surface area contributed by atoms with E-state index in [9.17, 15) is 0 Å². The number of nitrogens with one attached hydrogen (secondary N) is 2. The standard InChI is InChI=1S/C13H20N4/c1-10-3-7-14-12(16-10)17-11-4-8-15-13(9-11)5-2-6-13/h3,7,11,15H,2,4-6,8-9H2,1H3,(H,14,16,17). The van der Waals surface area contributed by atoms with Gasteiger partial charge in [-0.3, -0.25) is 0 Å². The molecule has 0 amide bonds. The van der Waals surface area contributed by atoms with Crippen LogP contribution in [0.4, 0.5) is 5.95 Å². The summed E-state index contributed by atoms with van der Waals surface area (Å²) in [5.41, 5.74) is 1.45. The second-order valence-electron chi connectivity index (χ2n) is 5.42. The fourth-order valence-corrected chi connectivity index (χ4v) is 2.97. The number of nitrogens with zero attached hydrogens (tertiary/aromatic N) is 2. The molecule has 2 N–H and O–H groups in total. The van der Waals surface area contributed by atoms with Crippen molar-refractivity contribution in [2.45, 2.75) is 50.6 Å². The Morgan fingerprint density at radius 1 is 1.47 bits per heavy atom. The van der Waals surface area contributed by atoms with E-state index in [-0.39, 0.29) is 0 Å². The maximum atomic E-state index is 4.42. The molecule has 4 nitrogen and oxygen atoms in total. The molecule has 1 unspecified atom stereocenters. The van der Waals surface area contributed by atoms with Gasteiger partial charge in [-0.2, -0.15) is 0 Å². The number of hydrogen-bond acceptors (Lipinski definition) is 4. The van der Waals surface area contributed by atoms with Gasteiger partial charge < -0.3 is 10.6 Å². The van der Waals surface area contributed by atoms with Crippen LogP contribution in [0.15, 0.2) is 12.3 Å². The fourth-order valence-electron chi connectivity index (χ4n) is 2.97. The predicted molar refractivity (Wildman–Crippen MR) is 68.0 cm³/mol. The van der Waals surface area contributed by atoms with Gasteiger partial charge in [0.15, 0.2) is 0 Å². The summed E-state index contributed by atoms with van der Waals surface area (Å²) in [5, 5.41) is 7.16. The molecule has 17 heavy (non-hydrogen) atoms. The van der Waals surface area contributed by atoms with E-state index in [2.05, 4.69) is 20.6 Å². The van der Waals surface area contributed by atoms with Crippen molar-refractivity contribution in [2.75, 3.05) is 11.9 Å². The molecule has 1 spiro atoms. The van der Waals surface area contributed by atoms with Crippen molar-refractivity contribution in [1.29, 1.82) is 0 Å². The van der Waals surface area contributed by atoms with Crippen LogP contribution in [0.1, 0.15) is 37.8 Å². The topological polar surface area (TPSA) is 49.8 Å². The summed E-state index contributed by atoms with van der Waals surface area (Å²) in [7, 11) is 0. The molecule has 1 aromatic rings. The summed E-state index contributed by atoms with van der Waals surface area (Å²) >= 11 is 0. The Morgan fingerprint density at radius 2 is 2.35 bits per heavy atom. The minimum Gasteiger partial charge on any atom is -0.351 e. The zero-order valence-electron chi connectivity index (χ0n) is 10.4. The van der Waals surface area contributed by atoms with E-state index in [4.69, 9.17) is 0 Å². The first kappa shape index (κ1) is 11.0. The molecular weight excluding hydrogens is 212 g/mol. The van der Waals surface area contributed by atoms with Crippen LogP contribution in [-0.4, -0.2) is 28.1 Å². The Hall–Kier alpha value is -1.16. The molecule has 1 atom stereocenters. The van der Waals surface area contributed by atoms with Gasteiger partial charge in [-0.1, -0.05) is 0 Å². The summed E-state index contributed by atoms with van der Waals surface area (Å²) in [5.74, 6) is 0.784. The molecule has 1 saturated carbocycles. The normalized spacial score (nSPS) is 26.5. The van der Waals surface area contributed by atoms with Crippen LogP contribution in [0.5, 0.6) is 0 Å². The van der Waals surface area contributed by atoms with E-state index in [0.717, 1.165) is 18.2 Å². The molecule has 4 heteroatoms. The molecule has 1 aliphatic carbocycles. The van der Waals surface area contributed by atoms with E-state index in [0.29, 0.717) is 11.6 Å². The molecule has 0 radical (unpaired) electrons. The first-order valence-electron chi connectivity index (χ1n) is 6.57. The van der Waals surface area contributed by atoms with E-state index in [1.54, 1.807) is 0 Å². The molecule has 2 heterocycles. The lowest BCUT2D eigenvalue weighted by Crippen LogP contribution is -2.58. The van der Waals surface area contributed by atoms with Crippen molar-refractivity contribution in [2.24, 2.45) is 0 Å². The Kier molecular flexibility index (Phi) is 2.74. The van der Waals surface area contributed by atoms with Gasteiger partial charge in [0.05, 0.1) is 0 Å². The van der Waals surface area contributed by atoms with Crippen LogP contribution >= 0.6 is 0 Å². The van der Waals surface area contributed by atoms with Crippen LogP contribution in [0.3, 0.4) is 0 Å². The summed E-state index contributed by atoms with van der Waals surface area (Å²) in [6, 6.07) is 2.46. The quantitative estimate of drug-likeness (QED) is 0.817. The summed E-state index contributed by atoms with van der Waals surface area (Å²) in [4.78, 5) is 8.70. The van der Waals surface area contributed by atoms with Gasteiger partial charge in [0, 0.05) is 23.5 Å². The average Bonchev–Trinajstić information content (AvgIpc) is 2.27. The lowest BCUT2D eigenvalue weighted by molar-refractivity contribution is 0.135. The second-order valence-corrected chi connectivity index (χ2v) is 5.42. The minimum atomic E-state index is 0.430. The first-order valence-corrected chi connectivity index (χ1v) is 6.57. The average molecular weight is 232 g/mol. The lowest BCUT2D eigenvalue weighted by atomic mass is 9.70. The molecule has 1 saturated heterocycles. The van der Waals surface area contributed by atoms with Gasteiger partial charge in [-0.25, -0.2) is 9.97 Å². The summed E-state index contributed by atoms with van der Waals surface area (Å²) in [6.07, 6.45) is 8.24. The molecule has 0 aromatic carbocycles. The highest BCUT2D eigenvalue weighted by Gasteiger charge is 2.40. The number of aromatic nitrogens is 2. The van der Waals surface area contributed by atoms with E-state index in [1.807, 2.05) is 19.2 Å².